The van der Waals surface area contributed by atoms with Gasteiger partial charge in [-0.1, -0.05) is 36.4 Å². The molecule has 0 aromatic heterocycles. The molecule has 0 bridgehead atoms. The molecule has 0 aliphatic carbocycles. The van der Waals surface area contributed by atoms with Crippen molar-refractivity contribution >= 4 is 25.5 Å². The molecular formula is C16H11F3O5S2. The van der Waals surface area contributed by atoms with Crippen molar-refractivity contribution in [2.24, 2.45) is 0 Å². The maximum atomic E-state index is 12.6. The van der Waals surface area contributed by atoms with Gasteiger partial charge in [0.2, 0.25) is 19.7 Å². The van der Waals surface area contributed by atoms with Crippen molar-refractivity contribution in [2.75, 3.05) is 0 Å². The molecule has 0 radical (unpaired) electrons. The Bertz CT molecular complexity index is 969. The molecule has 0 amide bonds. The van der Waals surface area contributed by atoms with E-state index >= 15 is 0 Å². The second-order valence-electron chi connectivity index (χ2n) is 4.96. The van der Waals surface area contributed by atoms with E-state index in [1.54, 1.807) is 0 Å². The summed E-state index contributed by atoms with van der Waals surface area (Å²) in [6, 6.07) is 12.0. The molecule has 0 N–H and O–H groups in total. The highest BCUT2D eigenvalue weighted by molar-refractivity contribution is 8.14. The van der Waals surface area contributed by atoms with Crippen molar-refractivity contribution in [2.45, 2.75) is 16.0 Å². The summed E-state index contributed by atoms with van der Waals surface area (Å²) in [6.45, 7) is 0. The summed E-state index contributed by atoms with van der Waals surface area (Å²) in [4.78, 5) is 10.2. The standard InChI is InChI=1S/C16H11F3O5S2/c17-16(18,19)14(20)11-15(25(21,22)12-7-3-1-4-8-12)26(23,24)13-9-5-2-6-10-13/h1-11H. The van der Waals surface area contributed by atoms with E-state index in [0.29, 0.717) is 0 Å². The van der Waals surface area contributed by atoms with Gasteiger partial charge in [-0.15, -0.1) is 0 Å². The average Bonchev–Trinajstić information content (AvgIpc) is 2.59. The molecule has 2 aromatic rings. The first-order valence-electron chi connectivity index (χ1n) is 6.90. The number of benzene rings is 2. The number of carbonyl (C=O) groups is 1. The maximum absolute atomic E-state index is 12.6. The first-order chi connectivity index (χ1) is 12.0. The Morgan fingerprint density at radius 3 is 1.38 bits per heavy atom. The van der Waals surface area contributed by atoms with Gasteiger partial charge in [-0.05, 0) is 24.3 Å². The van der Waals surface area contributed by atoms with Gasteiger partial charge in [-0.2, -0.15) is 13.2 Å². The van der Waals surface area contributed by atoms with Crippen molar-refractivity contribution in [1.29, 1.82) is 0 Å². The fraction of sp³-hybridized carbons (Fsp3) is 0.0625. The number of hydrogen-bond donors (Lipinski definition) is 0. The van der Waals surface area contributed by atoms with E-state index < -0.39 is 51.7 Å². The van der Waals surface area contributed by atoms with Crippen LogP contribution >= 0.6 is 0 Å². The number of halogens is 3. The molecule has 0 aliphatic heterocycles. The topological polar surface area (TPSA) is 85.3 Å². The van der Waals surface area contributed by atoms with Crippen LogP contribution in [0.25, 0.3) is 0 Å². The molecule has 5 nitrogen and oxygen atoms in total. The number of carbonyl (C=O) groups excluding carboxylic acids is 1. The third kappa shape index (κ3) is 4.02. The predicted molar refractivity (Wildman–Crippen MR) is 86.4 cm³/mol. The van der Waals surface area contributed by atoms with Crippen molar-refractivity contribution < 1.29 is 34.8 Å². The number of sulfone groups is 2. The highest BCUT2D eigenvalue weighted by Gasteiger charge is 2.41. The van der Waals surface area contributed by atoms with E-state index in [0.717, 1.165) is 24.3 Å². The molecular weight excluding hydrogens is 393 g/mol. The maximum Gasteiger partial charge on any atom is 0.454 e. The number of rotatable bonds is 5. The Labute approximate surface area is 147 Å². The van der Waals surface area contributed by atoms with Crippen molar-refractivity contribution in [1.82, 2.24) is 0 Å². The lowest BCUT2D eigenvalue weighted by molar-refractivity contribution is -0.165. The summed E-state index contributed by atoms with van der Waals surface area (Å²) in [5.41, 5.74) is 0. The van der Waals surface area contributed by atoms with E-state index in [4.69, 9.17) is 0 Å². The van der Waals surface area contributed by atoms with Crippen LogP contribution in [0.5, 0.6) is 0 Å². The zero-order valence-corrected chi connectivity index (χ0v) is 14.5. The quantitative estimate of drug-likeness (QED) is 0.716. The van der Waals surface area contributed by atoms with Gasteiger partial charge >= 0.3 is 6.18 Å². The SMILES string of the molecule is O=C(C=C(S(=O)(=O)c1ccccc1)S(=O)(=O)c1ccccc1)C(F)(F)F. The number of allylic oxidation sites excluding steroid dienone is 1. The van der Waals surface area contributed by atoms with Gasteiger partial charge < -0.3 is 0 Å². The summed E-state index contributed by atoms with van der Waals surface area (Å²) >= 11 is 0. The molecule has 0 saturated carbocycles. The smallest absolute Gasteiger partial charge is 0.285 e. The van der Waals surface area contributed by atoms with E-state index in [2.05, 4.69) is 0 Å². The molecule has 138 valence electrons. The average molecular weight is 404 g/mol. The number of hydrogen-bond acceptors (Lipinski definition) is 5. The Hall–Kier alpha value is -2.46. The second-order valence-corrected chi connectivity index (χ2v) is 9.05. The normalized spacial score (nSPS) is 12.4. The van der Waals surface area contributed by atoms with Crippen LogP contribution in [0.15, 0.2) is 80.8 Å². The van der Waals surface area contributed by atoms with Crippen molar-refractivity contribution in [3.8, 4) is 0 Å². The fourth-order valence-corrected chi connectivity index (χ4v) is 5.67. The van der Waals surface area contributed by atoms with Crippen LogP contribution in [-0.2, 0) is 24.5 Å². The third-order valence-electron chi connectivity index (χ3n) is 3.17. The van der Waals surface area contributed by atoms with E-state index in [9.17, 15) is 34.8 Å². The van der Waals surface area contributed by atoms with Crippen LogP contribution in [-0.4, -0.2) is 28.8 Å². The number of alkyl halides is 3. The first kappa shape index (κ1) is 19.9. The Morgan fingerprint density at radius 1 is 0.731 bits per heavy atom. The minimum atomic E-state index is -5.43. The van der Waals surface area contributed by atoms with Crippen LogP contribution in [0, 0.1) is 0 Å². The van der Waals surface area contributed by atoms with E-state index in [-0.39, 0.29) is 0 Å². The van der Waals surface area contributed by atoms with Gasteiger partial charge in [-0.25, -0.2) is 16.8 Å². The molecule has 26 heavy (non-hydrogen) atoms. The molecule has 0 aliphatic rings. The number of ketones is 1. The largest absolute Gasteiger partial charge is 0.454 e. The molecule has 0 atom stereocenters. The van der Waals surface area contributed by atoms with Crippen molar-refractivity contribution in [3.05, 3.63) is 71.0 Å². The molecule has 0 spiro atoms. The first-order valence-corrected chi connectivity index (χ1v) is 9.87. The van der Waals surface area contributed by atoms with E-state index in [1.165, 1.54) is 36.4 Å². The van der Waals surface area contributed by atoms with Gasteiger partial charge in [0.15, 0.2) is 4.24 Å². The minimum absolute atomic E-state index is 0.398. The monoisotopic (exact) mass is 404 g/mol. The zero-order valence-electron chi connectivity index (χ0n) is 12.8. The van der Waals surface area contributed by atoms with Gasteiger partial charge in [0.1, 0.15) is 0 Å². The summed E-state index contributed by atoms with van der Waals surface area (Å²) in [6.07, 6.45) is -5.83. The highest BCUT2D eigenvalue weighted by Crippen LogP contribution is 2.30. The lowest BCUT2D eigenvalue weighted by atomic mass is 10.4. The molecule has 10 heteroatoms. The van der Waals surface area contributed by atoms with Crippen LogP contribution in [0.2, 0.25) is 0 Å². The van der Waals surface area contributed by atoms with Crippen LogP contribution in [0.3, 0.4) is 0 Å². The summed E-state index contributed by atoms with van der Waals surface area (Å²) < 4.78 is 86.8. The minimum Gasteiger partial charge on any atom is -0.285 e. The molecule has 2 rings (SSSR count). The predicted octanol–water partition coefficient (Wildman–Crippen LogP) is 2.91. The molecule has 0 unspecified atom stereocenters. The summed E-state index contributed by atoms with van der Waals surface area (Å²) in [5.74, 6) is -2.59. The Kier molecular flexibility index (Phi) is 5.38. The third-order valence-corrected chi connectivity index (χ3v) is 7.56. The molecule has 0 saturated heterocycles. The molecule has 0 heterocycles. The Balaban J connectivity index is 2.77. The van der Waals surface area contributed by atoms with Crippen molar-refractivity contribution in [3.63, 3.8) is 0 Å². The fourth-order valence-electron chi connectivity index (χ4n) is 1.92. The highest BCUT2D eigenvalue weighted by atomic mass is 32.3. The van der Waals surface area contributed by atoms with Crippen LogP contribution in [0.1, 0.15) is 0 Å². The van der Waals surface area contributed by atoms with Gasteiger partial charge in [-0.3, -0.25) is 4.79 Å². The van der Waals surface area contributed by atoms with Gasteiger partial charge in [0.25, 0.3) is 5.78 Å². The lowest BCUT2D eigenvalue weighted by Gasteiger charge is -2.11. The second kappa shape index (κ2) is 7.04. The van der Waals surface area contributed by atoms with Gasteiger partial charge in [0.05, 0.1) is 9.79 Å². The molecule has 2 aromatic carbocycles. The summed E-state index contributed by atoms with van der Waals surface area (Å²) in [5, 5.41) is 0. The van der Waals surface area contributed by atoms with E-state index in [1.807, 2.05) is 0 Å². The summed E-state index contributed by atoms with van der Waals surface area (Å²) in [7, 11) is -9.82. The van der Waals surface area contributed by atoms with Crippen LogP contribution in [0.4, 0.5) is 13.2 Å². The lowest BCUT2D eigenvalue weighted by Crippen LogP contribution is -2.24. The van der Waals surface area contributed by atoms with Gasteiger partial charge in [0, 0.05) is 6.08 Å². The molecule has 0 fully saturated rings. The zero-order chi connectivity index (χ0) is 19.6. The Morgan fingerprint density at radius 2 is 1.08 bits per heavy atom. The van der Waals surface area contributed by atoms with Crippen LogP contribution < -0.4 is 0 Å².